The van der Waals surface area contributed by atoms with Crippen LogP contribution in [0.15, 0.2) is 18.3 Å². The number of methoxy groups -OCH3 is 1. The van der Waals surface area contributed by atoms with E-state index in [1.54, 1.807) is 7.11 Å². The van der Waals surface area contributed by atoms with Gasteiger partial charge >= 0.3 is 0 Å². The molecule has 0 aromatic carbocycles. The molecular weight excluding hydrogens is 188 g/mol. The van der Waals surface area contributed by atoms with E-state index in [0.29, 0.717) is 11.9 Å². The minimum atomic E-state index is 0.563. The molecule has 2 heterocycles. The third kappa shape index (κ3) is 2.12. The van der Waals surface area contributed by atoms with E-state index in [4.69, 9.17) is 4.74 Å². The zero-order valence-electron chi connectivity index (χ0n) is 9.44. The second-order valence-electron chi connectivity index (χ2n) is 3.92. The molecule has 0 bridgehead atoms. The Labute approximate surface area is 91.1 Å². The summed E-state index contributed by atoms with van der Waals surface area (Å²) in [7, 11) is 1.65. The van der Waals surface area contributed by atoms with Crippen molar-refractivity contribution in [1.82, 2.24) is 9.88 Å². The highest BCUT2D eigenvalue weighted by molar-refractivity contribution is 5.21. The molecule has 3 heteroatoms. The molecule has 0 spiro atoms. The van der Waals surface area contributed by atoms with E-state index < -0.39 is 0 Å². The van der Waals surface area contributed by atoms with Crippen molar-refractivity contribution in [1.29, 1.82) is 0 Å². The Hall–Kier alpha value is -1.09. The first-order valence-electron chi connectivity index (χ1n) is 5.59. The predicted octanol–water partition coefficient (Wildman–Crippen LogP) is 2.25. The fraction of sp³-hybridized carbons (Fsp3) is 0.583. The van der Waals surface area contributed by atoms with Crippen LogP contribution in [0, 0.1) is 0 Å². The number of hydrogen-bond donors (Lipinski definition) is 0. The maximum Gasteiger partial charge on any atom is 0.212 e. The van der Waals surface area contributed by atoms with E-state index in [1.807, 2.05) is 12.3 Å². The minimum Gasteiger partial charge on any atom is -0.481 e. The van der Waals surface area contributed by atoms with Gasteiger partial charge in [0.2, 0.25) is 5.88 Å². The molecule has 1 aromatic heterocycles. The van der Waals surface area contributed by atoms with Crippen LogP contribution in [-0.4, -0.2) is 30.1 Å². The van der Waals surface area contributed by atoms with Crippen molar-refractivity contribution in [3.8, 4) is 5.88 Å². The number of aromatic nitrogens is 1. The number of pyridine rings is 1. The van der Waals surface area contributed by atoms with Crippen molar-refractivity contribution >= 4 is 0 Å². The summed E-state index contributed by atoms with van der Waals surface area (Å²) in [4.78, 5) is 6.77. The summed E-state index contributed by atoms with van der Waals surface area (Å²) in [5, 5.41) is 0. The monoisotopic (exact) mass is 206 g/mol. The maximum absolute atomic E-state index is 5.06. The number of ether oxygens (including phenoxy) is 1. The Bertz CT molecular complexity index is 310. The molecule has 2 rings (SSSR count). The van der Waals surface area contributed by atoms with Crippen LogP contribution in [0.5, 0.6) is 5.88 Å². The molecule has 0 aliphatic carbocycles. The Morgan fingerprint density at radius 1 is 1.53 bits per heavy atom. The molecule has 82 valence electrons. The van der Waals surface area contributed by atoms with Gasteiger partial charge in [-0.15, -0.1) is 0 Å². The van der Waals surface area contributed by atoms with Gasteiger partial charge in [-0.2, -0.15) is 0 Å². The molecule has 1 saturated heterocycles. The molecule has 1 atom stereocenters. The fourth-order valence-electron chi connectivity index (χ4n) is 2.29. The molecule has 1 aliphatic rings. The molecular formula is C12H18N2O. The summed E-state index contributed by atoms with van der Waals surface area (Å²) >= 11 is 0. The molecule has 0 saturated carbocycles. The number of hydrogen-bond acceptors (Lipinski definition) is 3. The molecule has 1 aliphatic heterocycles. The Kier molecular flexibility index (Phi) is 3.21. The van der Waals surface area contributed by atoms with Crippen LogP contribution in [0.1, 0.15) is 31.4 Å². The summed E-state index contributed by atoms with van der Waals surface area (Å²) in [5.41, 5.74) is 1.31. The predicted molar refractivity (Wildman–Crippen MR) is 60.0 cm³/mol. The van der Waals surface area contributed by atoms with Crippen molar-refractivity contribution in [2.45, 2.75) is 25.8 Å². The van der Waals surface area contributed by atoms with Crippen LogP contribution in [0.4, 0.5) is 0 Å². The topological polar surface area (TPSA) is 25.4 Å². The second-order valence-corrected chi connectivity index (χ2v) is 3.92. The van der Waals surface area contributed by atoms with Crippen molar-refractivity contribution in [2.75, 3.05) is 20.2 Å². The summed E-state index contributed by atoms with van der Waals surface area (Å²) < 4.78 is 5.06. The zero-order chi connectivity index (χ0) is 10.7. The highest BCUT2D eigenvalue weighted by Crippen LogP contribution is 2.31. The first kappa shape index (κ1) is 10.4. The van der Waals surface area contributed by atoms with E-state index in [1.165, 1.54) is 24.9 Å². The van der Waals surface area contributed by atoms with Gasteiger partial charge < -0.3 is 4.74 Å². The quantitative estimate of drug-likeness (QED) is 0.758. The number of nitrogens with zero attached hydrogens (tertiary/aromatic N) is 2. The highest BCUT2D eigenvalue weighted by Gasteiger charge is 2.24. The second kappa shape index (κ2) is 4.62. The van der Waals surface area contributed by atoms with Gasteiger partial charge in [0.05, 0.1) is 7.11 Å². The molecule has 1 fully saturated rings. The lowest BCUT2D eigenvalue weighted by molar-refractivity contribution is 0.271. The van der Waals surface area contributed by atoms with Crippen LogP contribution in [0.25, 0.3) is 0 Å². The summed E-state index contributed by atoms with van der Waals surface area (Å²) in [5.74, 6) is 0.694. The Morgan fingerprint density at radius 3 is 3.00 bits per heavy atom. The van der Waals surface area contributed by atoms with Crippen molar-refractivity contribution in [2.24, 2.45) is 0 Å². The van der Waals surface area contributed by atoms with Crippen molar-refractivity contribution in [3.63, 3.8) is 0 Å². The molecule has 0 unspecified atom stereocenters. The first-order valence-corrected chi connectivity index (χ1v) is 5.59. The first-order chi connectivity index (χ1) is 7.35. The van der Waals surface area contributed by atoms with Crippen LogP contribution in [-0.2, 0) is 0 Å². The summed E-state index contributed by atoms with van der Waals surface area (Å²) in [6.07, 6.45) is 4.49. The van der Waals surface area contributed by atoms with Gasteiger partial charge in [-0.25, -0.2) is 4.98 Å². The van der Waals surface area contributed by atoms with E-state index in [2.05, 4.69) is 22.9 Å². The third-order valence-corrected chi connectivity index (χ3v) is 3.12. The zero-order valence-corrected chi connectivity index (χ0v) is 9.44. The van der Waals surface area contributed by atoms with Crippen LogP contribution >= 0.6 is 0 Å². The standard InChI is InChI=1S/C12H18N2O/c1-3-14-8-4-5-11(14)10-6-7-12(15-2)13-9-10/h6-7,9,11H,3-5,8H2,1-2H3/t11-/m1/s1. The van der Waals surface area contributed by atoms with Gasteiger partial charge in [0, 0.05) is 18.3 Å². The fourth-order valence-corrected chi connectivity index (χ4v) is 2.29. The molecule has 3 nitrogen and oxygen atoms in total. The largest absolute Gasteiger partial charge is 0.481 e. The Balaban J connectivity index is 2.14. The van der Waals surface area contributed by atoms with Crippen molar-refractivity contribution in [3.05, 3.63) is 23.9 Å². The molecule has 0 radical (unpaired) electrons. The molecule has 0 N–H and O–H groups in total. The molecule has 0 amide bonds. The van der Waals surface area contributed by atoms with Gasteiger partial charge in [-0.05, 0) is 31.5 Å². The minimum absolute atomic E-state index is 0.563. The van der Waals surface area contributed by atoms with Crippen molar-refractivity contribution < 1.29 is 4.74 Å². The molecule has 15 heavy (non-hydrogen) atoms. The lowest BCUT2D eigenvalue weighted by Crippen LogP contribution is -2.22. The van der Waals surface area contributed by atoms with Gasteiger partial charge in [-0.1, -0.05) is 13.0 Å². The SMILES string of the molecule is CCN1CCC[C@@H]1c1ccc(OC)nc1. The van der Waals surface area contributed by atoms with Crippen LogP contribution in [0.3, 0.4) is 0 Å². The van der Waals surface area contributed by atoms with Gasteiger partial charge in [0.1, 0.15) is 0 Å². The smallest absolute Gasteiger partial charge is 0.212 e. The maximum atomic E-state index is 5.06. The molecule has 1 aromatic rings. The number of rotatable bonds is 3. The van der Waals surface area contributed by atoms with E-state index in [0.717, 1.165) is 6.54 Å². The lowest BCUT2D eigenvalue weighted by atomic mass is 10.1. The van der Waals surface area contributed by atoms with Gasteiger partial charge in [0.25, 0.3) is 0 Å². The number of likely N-dealkylation sites (tertiary alicyclic amines) is 1. The highest BCUT2D eigenvalue weighted by atomic mass is 16.5. The van der Waals surface area contributed by atoms with Gasteiger partial charge in [0.15, 0.2) is 0 Å². The van der Waals surface area contributed by atoms with Gasteiger partial charge in [-0.3, -0.25) is 4.90 Å². The summed E-state index contributed by atoms with van der Waals surface area (Å²) in [6, 6.07) is 4.64. The van der Waals surface area contributed by atoms with Crippen LogP contribution < -0.4 is 4.74 Å². The average molecular weight is 206 g/mol. The Morgan fingerprint density at radius 2 is 2.40 bits per heavy atom. The lowest BCUT2D eigenvalue weighted by Gasteiger charge is -2.22. The van der Waals surface area contributed by atoms with E-state index in [-0.39, 0.29) is 0 Å². The van der Waals surface area contributed by atoms with E-state index in [9.17, 15) is 0 Å². The average Bonchev–Trinajstić information content (AvgIpc) is 2.77. The normalized spacial score (nSPS) is 21.9. The summed E-state index contributed by atoms with van der Waals surface area (Å²) in [6.45, 7) is 4.55. The van der Waals surface area contributed by atoms with E-state index >= 15 is 0 Å². The van der Waals surface area contributed by atoms with Crippen LogP contribution in [0.2, 0.25) is 0 Å². The third-order valence-electron chi connectivity index (χ3n) is 3.12.